The van der Waals surface area contributed by atoms with Crippen LogP contribution in [0.3, 0.4) is 0 Å². The average molecular weight is 459 g/mol. The number of carbonyl (C=O) groups excluding carboxylic acids is 1. The first kappa shape index (κ1) is 21.7. The third-order valence-electron chi connectivity index (χ3n) is 4.96. The SMILES string of the molecule is CCCCn1c(=O)[nH]c(=O)c2c1nc(COC(=O)CCc1nc(-c3cccs3)no1)n2C. The molecule has 0 saturated carbocycles. The van der Waals surface area contributed by atoms with Crippen LogP contribution in [-0.4, -0.2) is 35.2 Å². The molecule has 4 rings (SSSR count). The van der Waals surface area contributed by atoms with E-state index in [-0.39, 0.29) is 30.6 Å². The van der Waals surface area contributed by atoms with Crippen LogP contribution in [0.4, 0.5) is 0 Å². The molecule has 0 saturated heterocycles. The fraction of sp³-hybridized carbons (Fsp3) is 0.400. The first-order valence-electron chi connectivity index (χ1n) is 10.2. The topological polar surface area (TPSA) is 138 Å². The second-order valence-corrected chi connectivity index (χ2v) is 8.12. The molecule has 0 amide bonds. The highest BCUT2D eigenvalue weighted by atomic mass is 32.1. The highest BCUT2D eigenvalue weighted by molar-refractivity contribution is 7.13. The Bertz CT molecular complexity index is 1350. The molecule has 0 aliphatic rings. The van der Waals surface area contributed by atoms with E-state index in [1.54, 1.807) is 7.05 Å². The second kappa shape index (κ2) is 9.30. The molecule has 4 heterocycles. The van der Waals surface area contributed by atoms with Crippen LogP contribution in [0.1, 0.15) is 37.9 Å². The van der Waals surface area contributed by atoms with Crippen molar-refractivity contribution in [2.75, 3.05) is 0 Å². The van der Waals surface area contributed by atoms with Gasteiger partial charge in [-0.15, -0.1) is 11.3 Å². The third-order valence-corrected chi connectivity index (χ3v) is 5.82. The maximum Gasteiger partial charge on any atom is 0.330 e. The van der Waals surface area contributed by atoms with E-state index in [1.807, 2.05) is 24.4 Å². The first-order valence-corrected chi connectivity index (χ1v) is 11.1. The number of unbranched alkanes of at least 4 members (excludes halogenated alkanes) is 1. The highest BCUT2D eigenvalue weighted by Crippen LogP contribution is 2.21. The largest absolute Gasteiger partial charge is 0.457 e. The van der Waals surface area contributed by atoms with Gasteiger partial charge in [0.05, 0.1) is 11.3 Å². The fourth-order valence-electron chi connectivity index (χ4n) is 3.23. The van der Waals surface area contributed by atoms with Crippen LogP contribution >= 0.6 is 11.3 Å². The fourth-order valence-corrected chi connectivity index (χ4v) is 3.88. The minimum absolute atomic E-state index is 0.0534. The van der Waals surface area contributed by atoms with Crippen molar-refractivity contribution in [3.63, 3.8) is 0 Å². The number of rotatable bonds is 9. The Kier molecular flexibility index (Phi) is 6.30. The number of imidazole rings is 1. The minimum Gasteiger partial charge on any atom is -0.457 e. The lowest BCUT2D eigenvalue weighted by atomic mass is 10.3. The maximum atomic E-state index is 12.3. The molecule has 0 radical (unpaired) electrons. The van der Waals surface area contributed by atoms with E-state index in [9.17, 15) is 14.4 Å². The smallest absolute Gasteiger partial charge is 0.330 e. The minimum atomic E-state index is -0.525. The summed E-state index contributed by atoms with van der Waals surface area (Å²) in [6.07, 6.45) is 1.96. The lowest BCUT2D eigenvalue weighted by Gasteiger charge is -2.04. The van der Waals surface area contributed by atoms with E-state index in [2.05, 4.69) is 20.1 Å². The third kappa shape index (κ3) is 4.40. The Morgan fingerprint density at radius 2 is 2.16 bits per heavy atom. The summed E-state index contributed by atoms with van der Waals surface area (Å²) in [6, 6.07) is 3.78. The summed E-state index contributed by atoms with van der Waals surface area (Å²) in [5.74, 6) is 0.736. The van der Waals surface area contributed by atoms with Crippen molar-refractivity contribution >= 4 is 28.5 Å². The Morgan fingerprint density at radius 1 is 1.31 bits per heavy atom. The number of H-pyrrole nitrogens is 1. The van der Waals surface area contributed by atoms with Crippen molar-refractivity contribution in [1.29, 1.82) is 0 Å². The number of aryl methyl sites for hydroxylation is 3. The number of carbonyl (C=O) groups is 1. The molecular formula is C20H22N6O5S. The molecule has 0 aromatic carbocycles. The standard InChI is InChI=1S/C20H22N6O5S/c1-3-4-9-26-18-16(19(28)23-20(26)29)25(2)13(21-18)11-30-15(27)8-7-14-22-17(24-31-14)12-6-5-10-32-12/h5-6,10H,3-4,7-9,11H2,1-2H3,(H,23,28,29). The van der Waals surface area contributed by atoms with E-state index in [0.717, 1.165) is 17.7 Å². The zero-order chi connectivity index (χ0) is 22.7. The second-order valence-electron chi connectivity index (χ2n) is 7.17. The summed E-state index contributed by atoms with van der Waals surface area (Å²) in [7, 11) is 1.65. The number of thiophene rings is 1. The van der Waals surface area contributed by atoms with E-state index in [4.69, 9.17) is 9.26 Å². The predicted octanol–water partition coefficient (Wildman–Crippen LogP) is 2.01. The van der Waals surface area contributed by atoms with Gasteiger partial charge in [-0.3, -0.25) is 19.1 Å². The van der Waals surface area contributed by atoms with Crippen LogP contribution < -0.4 is 11.2 Å². The van der Waals surface area contributed by atoms with Crippen molar-refractivity contribution in [3.05, 3.63) is 50.1 Å². The van der Waals surface area contributed by atoms with Crippen LogP contribution in [0.25, 0.3) is 21.9 Å². The number of nitrogens with zero attached hydrogens (tertiary/aromatic N) is 5. The van der Waals surface area contributed by atoms with Crippen LogP contribution in [-0.2, 0) is 36.2 Å². The number of hydrogen-bond acceptors (Lipinski definition) is 9. The number of hydrogen-bond donors (Lipinski definition) is 1. The van der Waals surface area contributed by atoms with Crippen molar-refractivity contribution in [2.24, 2.45) is 7.05 Å². The highest BCUT2D eigenvalue weighted by Gasteiger charge is 2.18. The summed E-state index contributed by atoms with van der Waals surface area (Å²) in [6.45, 7) is 2.32. The van der Waals surface area contributed by atoms with Gasteiger partial charge in [0, 0.05) is 20.0 Å². The van der Waals surface area contributed by atoms with E-state index in [1.165, 1.54) is 20.5 Å². The molecule has 32 heavy (non-hydrogen) atoms. The quantitative estimate of drug-likeness (QED) is 0.376. The van der Waals surface area contributed by atoms with Crippen LogP contribution in [0, 0.1) is 0 Å². The van der Waals surface area contributed by atoms with E-state index < -0.39 is 17.2 Å². The van der Waals surface area contributed by atoms with Gasteiger partial charge in [-0.2, -0.15) is 4.98 Å². The van der Waals surface area contributed by atoms with Gasteiger partial charge in [0.2, 0.25) is 11.7 Å². The average Bonchev–Trinajstić information content (AvgIpc) is 3.51. The molecule has 0 aliphatic carbocycles. The zero-order valence-electron chi connectivity index (χ0n) is 17.7. The Balaban J connectivity index is 1.42. The molecule has 11 nitrogen and oxygen atoms in total. The van der Waals surface area contributed by atoms with Gasteiger partial charge in [-0.05, 0) is 17.9 Å². The Morgan fingerprint density at radius 3 is 2.91 bits per heavy atom. The maximum absolute atomic E-state index is 12.3. The number of aromatic amines is 1. The van der Waals surface area contributed by atoms with Crippen molar-refractivity contribution in [3.8, 4) is 10.7 Å². The van der Waals surface area contributed by atoms with Crippen LogP contribution in [0.15, 0.2) is 31.6 Å². The summed E-state index contributed by atoms with van der Waals surface area (Å²) >= 11 is 1.50. The van der Waals surface area contributed by atoms with Gasteiger partial charge in [0.1, 0.15) is 12.4 Å². The van der Waals surface area contributed by atoms with E-state index in [0.29, 0.717) is 24.1 Å². The number of nitrogens with one attached hydrogen (secondary N) is 1. The predicted molar refractivity (Wildman–Crippen MR) is 116 cm³/mol. The molecule has 0 atom stereocenters. The van der Waals surface area contributed by atoms with Crippen LogP contribution in [0.5, 0.6) is 0 Å². The monoisotopic (exact) mass is 458 g/mol. The summed E-state index contributed by atoms with van der Waals surface area (Å²) in [5.41, 5.74) is -0.478. The molecule has 0 bridgehead atoms. The van der Waals surface area contributed by atoms with Gasteiger partial charge in [0.25, 0.3) is 5.56 Å². The van der Waals surface area contributed by atoms with E-state index >= 15 is 0 Å². The summed E-state index contributed by atoms with van der Waals surface area (Å²) < 4.78 is 13.5. The molecule has 1 N–H and O–H groups in total. The molecule has 168 valence electrons. The number of fused-ring (bicyclic) bond motifs is 1. The molecule has 0 unspecified atom stereocenters. The lowest BCUT2D eigenvalue weighted by molar-refractivity contribution is -0.145. The molecule has 4 aromatic rings. The molecule has 0 fully saturated rings. The van der Waals surface area contributed by atoms with Gasteiger partial charge in [-0.1, -0.05) is 24.6 Å². The first-order chi connectivity index (χ1) is 15.5. The lowest BCUT2D eigenvalue weighted by Crippen LogP contribution is -2.31. The number of esters is 1. The molecule has 0 aliphatic heterocycles. The number of ether oxygens (including phenoxy) is 1. The molecule has 12 heteroatoms. The summed E-state index contributed by atoms with van der Waals surface area (Å²) in [5, 5.41) is 5.83. The van der Waals surface area contributed by atoms with Crippen molar-refractivity contribution < 1.29 is 14.1 Å². The molecule has 4 aromatic heterocycles. The van der Waals surface area contributed by atoms with Gasteiger partial charge in [0.15, 0.2) is 11.2 Å². The summed E-state index contributed by atoms with van der Waals surface area (Å²) in [4.78, 5) is 48.6. The van der Waals surface area contributed by atoms with Crippen LogP contribution in [0.2, 0.25) is 0 Å². The Labute approximate surface area is 185 Å². The number of aromatic nitrogens is 6. The van der Waals surface area contributed by atoms with Gasteiger partial charge in [-0.25, -0.2) is 9.78 Å². The normalized spacial score (nSPS) is 11.3. The van der Waals surface area contributed by atoms with Gasteiger partial charge >= 0.3 is 11.7 Å². The molecular weight excluding hydrogens is 436 g/mol. The van der Waals surface area contributed by atoms with Gasteiger partial charge < -0.3 is 13.8 Å². The zero-order valence-corrected chi connectivity index (χ0v) is 18.5. The molecule has 0 spiro atoms. The van der Waals surface area contributed by atoms with Crippen molar-refractivity contribution in [1.82, 2.24) is 29.2 Å². The van der Waals surface area contributed by atoms with Crippen molar-refractivity contribution in [2.45, 2.75) is 45.8 Å². The Hall–Kier alpha value is -3.54.